The van der Waals surface area contributed by atoms with Crippen LogP contribution in [0.4, 0.5) is 4.79 Å². The predicted octanol–water partition coefficient (Wildman–Crippen LogP) is 2.98. The van der Waals surface area contributed by atoms with Gasteiger partial charge in [0.2, 0.25) is 0 Å². The minimum atomic E-state index is -0.0234. The number of carbonyl (C=O) groups excluding carboxylic acids is 1. The van der Waals surface area contributed by atoms with Crippen molar-refractivity contribution in [1.29, 1.82) is 0 Å². The van der Waals surface area contributed by atoms with Crippen LogP contribution in [0.5, 0.6) is 0 Å². The number of hydrogen-bond acceptors (Lipinski definition) is 3. The van der Waals surface area contributed by atoms with E-state index in [1.807, 2.05) is 0 Å². The third kappa shape index (κ3) is 7.45. The molecule has 1 saturated heterocycles. The zero-order valence-corrected chi connectivity index (χ0v) is 13.8. The van der Waals surface area contributed by atoms with E-state index in [-0.39, 0.29) is 12.1 Å². The Morgan fingerprint density at radius 2 is 1.82 bits per heavy atom. The van der Waals surface area contributed by atoms with Crippen LogP contribution < -0.4 is 10.6 Å². The van der Waals surface area contributed by atoms with Gasteiger partial charge in [-0.25, -0.2) is 4.79 Å². The summed E-state index contributed by atoms with van der Waals surface area (Å²) in [6, 6.07) is 0.334. The first-order valence-corrected chi connectivity index (χ1v) is 9.08. The number of urea groups is 1. The lowest BCUT2D eigenvalue weighted by atomic mass is 9.97. The maximum atomic E-state index is 11.9. The Balaban J connectivity index is 1.44. The number of carbonyl (C=O) groups is 1. The molecule has 0 bridgehead atoms. The highest BCUT2D eigenvalue weighted by Gasteiger charge is 2.15. The monoisotopic (exact) mass is 312 g/mol. The van der Waals surface area contributed by atoms with Crippen molar-refractivity contribution in [2.24, 2.45) is 0 Å². The molecule has 1 aliphatic heterocycles. The molecular weight excluding hydrogens is 280 g/mol. The summed E-state index contributed by atoms with van der Waals surface area (Å²) < 4.78 is 11.1. The lowest BCUT2D eigenvalue weighted by Gasteiger charge is -2.21. The lowest BCUT2D eigenvalue weighted by Crippen LogP contribution is -2.42. The molecule has 0 spiro atoms. The highest BCUT2D eigenvalue weighted by atomic mass is 16.5. The van der Waals surface area contributed by atoms with Crippen LogP contribution in [0.2, 0.25) is 0 Å². The Kier molecular flexibility index (Phi) is 8.64. The molecule has 2 amide bonds. The molecule has 1 heterocycles. The van der Waals surface area contributed by atoms with Crippen molar-refractivity contribution in [2.45, 2.75) is 76.4 Å². The fourth-order valence-electron chi connectivity index (χ4n) is 3.20. The van der Waals surface area contributed by atoms with Crippen LogP contribution in [0.3, 0.4) is 0 Å². The molecule has 5 heteroatoms. The molecule has 2 rings (SSSR count). The summed E-state index contributed by atoms with van der Waals surface area (Å²) in [5, 5.41) is 6.04. The summed E-state index contributed by atoms with van der Waals surface area (Å²) in [6.45, 7) is 2.92. The highest BCUT2D eigenvalue weighted by Crippen LogP contribution is 2.16. The molecule has 0 aromatic heterocycles. The van der Waals surface area contributed by atoms with E-state index in [1.165, 1.54) is 32.1 Å². The summed E-state index contributed by atoms with van der Waals surface area (Å²) in [5.41, 5.74) is 0. The van der Waals surface area contributed by atoms with Gasteiger partial charge in [-0.15, -0.1) is 0 Å². The van der Waals surface area contributed by atoms with E-state index in [2.05, 4.69) is 10.6 Å². The van der Waals surface area contributed by atoms with E-state index in [4.69, 9.17) is 9.47 Å². The van der Waals surface area contributed by atoms with Crippen LogP contribution in [0, 0.1) is 0 Å². The van der Waals surface area contributed by atoms with E-state index in [0.717, 1.165) is 38.7 Å². The van der Waals surface area contributed by atoms with Crippen molar-refractivity contribution in [1.82, 2.24) is 10.6 Å². The van der Waals surface area contributed by atoms with Gasteiger partial charge in [0, 0.05) is 25.8 Å². The summed E-state index contributed by atoms with van der Waals surface area (Å²) in [5.74, 6) is 0. The van der Waals surface area contributed by atoms with Crippen molar-refractivity contribution < 1.29 is 14.3 Å². The van der Waals surface area contributed by atoms with Crippen LogP contribution in [-0.4, -0.2) is 44.5 Å². The summed E-state index contributed by atoms with van der Waals surface area (Å²) >= 11 is 0. The molecule has 1 atom stereocenters. The van der Waals surface area contributed by atoms with Gasteiger partial charge in [0.25, 0.3) is 0 Å². The van der Waals surface area contributed by atoms with Crippen LogP contribution >= 0.6 is 0 Å². The third-order valence-corrected chi connectivity index (χ3v) is 4.52. The second kappa shape index (κ2) is 10.8. The molecule has 1 aliphatic carbocycles. The minimum Gasteiger partial charge on any atom is -0.379 e. The van der Waals surface area contributed by atoms with Crippen molar-refractivity contribution in [3.63, 3.8) is 0 Å². The SMILES string of the molecule is O=C(NCCCOCC1CCCO1)NC1CCCCCCC1. The molecule has 2 fully saturated rings. The molecule has 0 radical (unpaired) electrons. The standard InChI is InChI=1S/C17H32N2O3/c20-17(19-15-8-4-2-1-3-5-9-15)18-11-7-12-21-14-16-10-6-13-22-16/h15-16H,1-14H2,(H2,18,19,20). The molecule has 128 valence electrons. The van der Waals surface area contributed by atoms with E-state index < -0.39 is 0 Å². The van der Waals surface area contributed by atoms with Crippen LogP contribution in [-0.2, 0) is 9.47 Å². The average molecular weight is 312 g/mol. The largest absolute Gasteiger partial charge is 0.379 e. The maximum Gasteiger partial charge on any atom is 0.315 e. The molecule has 1 saturated carbocycles. The second-order valence-corrected chi connectivity index (χ2v) is 6.51. The zero-order chi connectivity index (χ0) is 15.5. The van der Waals surface area contributed by atoms with E-state index in [0.29, 0.717) is 25.8 Å². The van der Waals surface area contributed by atoms with Gasteiger partial charge in [0.1, 0.15) is 0 Å². The average Bonchev–Trinajstić information content (AvgIpc) is 2.98. The van der Waals surface area contributed by atoms with Gasteiger partial charge in [-0.1, -0.05) is 32.1 Å². The van der Waals surface area contributed by atoms with Gasteiger partial charge in [-0.3, -0.25) is 0 Å². The molecule has 2 N–H and O–H groups in total. The Morgan fingerprint density at radius 3 is 2.55 bits per heavy atom. The number of nitrogens with one attached hydrogen (secondary N) is 2. The van der Waals surface area contributed by atoms with Crippen LogP contribution in [0.25, 0.3) is 0 Å². The van der Waals surface area contributed by atoms with Crippen molar-refractivity contribution in [3.8, 4) is 0 Å². The zero-order valence-electron chi connectivity index (χ0n) is 13.8. The highest BCUT2D eigenvalue weighted by molar-refractivity contribution is 5.74. The Bertz CT molecular complexity index is 298. The van der Waals surface area contributed by atoms with Gasteiger partial charge in [-0.05, 0) is 32.1 Å². The smallest absolute Gasteiger partial charge is 0.315 e. The maximum absolute atomic E-state index is 11.9. The van der Waals surface area contributed by atoms with E-state index in [1.54, 1.807) is 0 Å². The number of hydrogen-bond donors (Lipinski definition) is 2. The predicted molar refractivity (Wildman–Crippen MR) is 87.1 cm³/mol. The first-order chi connectivity index (χ1) is 10.8. The quantitative estimate of drug-likeness (QED) is 0.711. The van der Waals surface area contributed by atoms with Crippen LogP contribution in [0.1, 0.15) is 64.2 Å². The van der Waals surface area contributed by atoms with Crippen molar-refractivity contribution >= 4 is 6.03 Å². The fourth-order valence-corrected chi connectivity index (χ4v) is 3.20. The van der Waals surface area contributed by atoms with E-state index in [9.17, 15) is 4.79 Å². The summed E-state index contributed by atoms with van der Waals surface area (Å²) in [6.07, 6.45) is 12.1. The lowest BCUT2D eigenvalue weighted by molar-refractivity contribution is 0.0168. The summed E-state index contributed by atoms with van der Waals surface area (Å²) in [7, 11) is 0. The normalized spacial score (nSPS) is 23.7. The van der Waals surface area contributed by atoms with Gasteiger partial charge < -0.3 is 20.1 Å². The van der Waals surface area contributed by atoms with Gasteiger partial charge >= 0.3 is 6.03 Å². The molecule has 22 heavy (non-hydrogen) atoms. The molecular formula is C17H32N2O3. The second-order valence-electron chi connectivity index (χ2n) is 6.51. The molecule has 2 aliphatic rings. The van der Waals surface area contributed by atoms with Crippen LogP contribution in [0.15, 0.2) is 0 Å². The minimum absolute atomic E-state index is 0.0234. The van der Waals surface area contributed by atoms with Gasteiger partial charge in [0.15, 0.2) is 0 Å². The first kappa shape index (κ1) is 17.5. The van der Waals surface area contributed by atoms with E-state index >= 15 is 0 Å². The Morgan fingerprint density at radius 1 is 1.05 bits per heavy atom. The van der Waals surface area contributed by atoms with Gasteiger partial charge in [0.05, 0.1) is 12.7 Å². The topological polar surface area (TPSA) is 59.6 Å². The van der Waals surface area contributed by atoms with Gasteiger partial charge in [-0.2, -0.15) is 0 Å². The molecule has 1 unspecified atom stereocenters. The Hall–Kier alpha value is -0.810. The summed E-state index contributed by atoms with van der Waals surface area (Å²) in [4.78, 5) is 11.9. The van der Waals surface area contributed by atoms with Crippen molar-refractivity contribution in [3.05, 3.63) is 0 Å². The number of amides is 2. The molecule has 0 aromatic rings. The van der Waals surface area contributed by atoms with Crippen molar-refractivity contribution in [2.75, 3.05) is 26.4 Å². The Labute approximate surface area is 134 Å². The number of ether oxygens (including phenoxy) is 2. The number of rotatable bonds is 7. The molecule has 0 aromatic carbocycles. The first-order valence-electron chi connectivity index (χ1n) is 9.08. The fraction of sp³-hybridized carbons (Fsp3) is 0.941. The third-order valence-electron chi connectivity index (χ3n) is 4.52. The molecule has 5 nitrogen and oxygen atoms in total.